The molecule has 164 valence electrons. The van der Waals surface area contributed by atoms with E-state index < -0.39 is 22.9 Å². The fourth-order valence-electron chi connectivity index (χ4n) is 2.71. The van der Waals surface area contributed by atoms with E-state index in [1.807, 2.05) is 18.2 Å². The second-order valence-electron chi connectivity index (χ2n) is 6.62. The van der Waals surface area contributed by atoms with Gasteiger partial charge in [0.2, 0.25) is 0 Å². The molecule has 0 fully saturated rings. The zero-order valence-electron chi connectivity index (χ0n) is 17.3. The summed E-state index contributed by atoms with van der Waals surface area (Å²) in [6.45, 7) is 1.39. The van der Waals surface area contributed by atoms with E-state index in [0.29, 0.717) is 11.5 Å². The summed E-state index contributed by atoms with van der Waals surface area (Å²) in [5.74, 6) is 0.0589. The molecule has 3 rings (SSSR count). The number of hydrogen-bond acceptors (Lipinski definition) is 7. The average Bonchev–Trinajstić information content (AvgIpc) is 2.80. The van der Waals surface area contributed by atoms with Crippen LogP contribution < -0.4 is 14.8 Å². The molecular formula is C23H20N2O7. The molecule has 3 aromatic carbocycles. The number of nitrogens with zero attached hydrogens (tertiary/aromatic N) is 1. The van der Waals surface area contributed by atoms with Gasteiger partial charge in [0, 0.05) is 12.1 Å². The second-order valence-corrected chi connectivity index (χ2v) is 6.62. The van der Waals surface area contributed by atoms with Gasteiger partial charge in [-0.15, -0.1) is 0 Å². The van der Waals surface area contributed by atoms with Crippen molar-refractivity contribution in [1.82, 2.24) is 0 Å². The second kappa shape index (κ2) is 10.1. The number of nitrogens with one attached hydrogen (secondary N) is 1. The summed E-state index contributed by atoms with van der Waals surface area (Å²) in [6, 6.07) is 19.2. The number of hydrogen-bond donors (Lipinski definition) is 1. The van der Waals surface area contributed by atoms with Crippen LogP contribution in [-0.2, 0) is 9.53 Å². The number of methoxy groups -OCH3 is 1. The quantitative estimate of drug-likeness (QED) is 0.312. The third-order valence-corrected chi connectivity index (χ3v) is 4.37. The highest BCUT2D eigenvalue weighted by Gasteiger charge is 2.21. The van der Waals surface area contributed by atoms with Gasteiger partial charge < -0.3 is 19.5 Å². The number of amides is 1. The Morgan fingerprint density at radius 1 is 0.969 bits per heavy atom. The standard InChI is InChI=1S/C23H20N2O7/c1-15(22(26)24-20-14-17(25(28)29)10-13-21(20)30-2)31-23(27)16-8-11-19(12-9-16)32-18-6-4-3-5-7-18/h3-15H,1-2H3,(H,24,26). The van der Waals surface area contributed by atoms with E-state index in [9.17, 15) is 19.7 Å². The maximum atomic E-state index is 12.5. The van der Waals surface area contributed by atoms with Crippen LogP contribution in [0.15, 0.2) is 72.8 Å². The molecular weight excluding hydrogens is 416 g/mol. The molecule has 9 heteroatoms. The average molecular weight is 436 g/mol. The van der Waals surface area contributed by atoms with Gasteiger partial charge in [0.25, 0.3) is 11.6 Å². The number of anilines is 1. The first kappa shape index (κ1) is 22.3. The minimum absolute atomic E-state index is 0.0945. The van der Waals surface area contributed by atoms with Gasteiger partial charge in [0.1, 0.15) is 17.2 Å². The number of rotatable bonds is 8. The normalized spacial score (nSPS) is 11.2. The van der Waals surface area contributed by atoms with Gasteiger partial charge in [0.15, 0.2) is 6.10 Å². The molecule has 0 saturated carbocycles. The molecule has 1 atom stereocenters. The molecule has 9 nitrogen and oxygen atoms in total. The Kier molecular flexibility index (Phi) is 7.02. The van der Waals surface area contributed by atoms with Crippen LogP contribution in [0.2, 0.25) is 0 Å². The molecule has 1 unspecified atom stereocenters. The number of benzene rings is 3. The summed E-state index contributed by atoms with van der Waals surface area (Å²) < 4.78 is 16.0. The van der Waals surface area contributed by atoms with Gasteiger partial charge >= 0.3 is 5.97 Å². The van der Waals surface area contributed by atoms with Gasteiger partial charge in [-0.05, 0) is 49.4 Å². The van der Waals surface area contributed by atoms with Crippen LogP contribution in [0.1, 0.15) is 17.3 Å². The molecule has 0 radical (unpaired) electrons. The lowest BCUT2D eigenvalue weighted by atomic mass is 10.2. The van der Waals surface area contributed by atoms with E-state index in [-0.39, 0.29) is 22.7 Å². The van der Waals surface area contributed by atoms with E-state index in [0.717, 1.165) is 6.07 Å². The van der Waals surface area contributed by atoms with Crippen molar-refractivity contribution in [3.63, 3.8) is 0 Å². The molecule has 0 bridgehead atoms. The molecule has 0 aromatic heterocycles. The Balaban J connectivity index is 1.62. The minimum Gasteiger partial charge on any atom is -0.495 e. The molecule has 0 aliphatic rings. The molecule has 0 aliphatic heterocycles. The number of ether oxygens (including phenoxy) is 3. The summed E-state index contributed by atoms with van der Waals surface area (Å²) in [7, 11) is 1.37. The van der Waals surface area contributed by atoms with Crippen molar-refractivity contribution in [2.45, 2.75) is 13.0 Å². The Morgan fingerprint density at radius 3 is 2.25 bits per heavy atom. The van der Waals surface area contributed by atoms with Crippen LogP contribution in [0.25, 0.3) is 0 Å². The predicted octanol–water partition coefficient (Wildman–Crippen LogP) is 4.58. The summed E-state index contributed by atoms with van der Waals surface area (Å²) in [5.41, 5.74) is 0.110. The van der Waals surface area contributed by atoms with Gasteiger partial charge in [-0.2, -0.15) is 0 Å². The largest absolute Gasteiger partial charge is 0.495 e. The third-order valence-electron chi connectivity index (χ3n) is 4.37. The lowest BCUT2D eigenvalue weighted by molar-refractivity contribution is -0.384. The van der Waals surface area contributed by atoms with Crippen molar-refractivity contribution in [3.8, 4) is 17.2 Å². The number of carbonyl (C=O) groups is 2. The number of nitro groups is 1. The van der Waals surface area contributed by atoms with E-state index in [4.69, 9.17) is 14.2 Å². The van der Waals surface area contributed by atoms with Gasteiger partial charge in [-0.25, -0.2) is 4.79 Å². The van der Waals surface area contributed by atoms with Crippen LogP contribution >= 0.6 is 0 Å². The summed E-state index contributed by atoms with van der Waals surface area (Å²) in [5, 5.41) is 13.5. The van der Waals surface area contributed by atoms with E-state index in [1.54, 1.807) is 24.3 Å². The molecule has 0 heterocycles. The highest BCUT2D eigenvalue weighted by molar-refractivity contribution is 5.98. The Bertz CT molecular complexity index is 1110. The Morgan fingerprint density at radius 2 is 1.62 bits per heavy atom. The van der Waals surface area contributed by atoms with Crippen LogP contribution in [0.3, 0.4) is 0 Å². The fourth-order valence-corrected chi connectivity index (χ4v) is 2.71. The third kappa shape index (κ3) is 5.60. The highest BCUT2D eigenvalue weighted by atomic mass is 16.6. The molecule has 0 aliphatic carbocycles. The number of nitro benzene ring substituents is 1. The van der Waals surface area contributed by atoms with E-state index >= 15 is 0 Å². The van der Waals surface area contributed by atoms with Crippen molar-refractivity contribution >= 4 is 23.3 Å². The molecule has 0 saturated heterocycles. The minimum atomic E-state index is -1.16. The van der Waals surface area contributed by atoms with Gasteiger partial charge in [-0.3, -0.25) is 14.9 Å². The molecule has 32 heavy (non-hydrogen) atoms. The van der Waals surface area contributed by atoms with E-state index in [2.05, 4.69) is 5.32 Å². The zero-order chi connectivity index (χ0) is 23.1. The van der Waals surface area contributed by atoms with Crippen LogP contribution in [0, 0.1) is 10.1 Å². The van der Waals surface area contributed by atoms with Crippen molar-refractivity contribution in [3.05, 3.63) is 88.5 Å². The lowest BCUT2D eigenvalue weighted by Crippen LogP contribution is -2.30. The van der Waals surface area contributed by atoms with Gasteiger partial charge in [0.05, 0.1) is 23.3 Å². The molecule has 1 N–H and O–H groups in total. The number of para-hydroxylation sites is 1. The van der Waals surface area contributed by atoms with Crippen LogP contribution in [-0.4, -0.2) is 30.0 Å². The summed E-state index contributed by atoms with van der Waals surface area (Å²) in [4.78, 5) is 35.2. The predicted molar refractivity (Wildman–Crippen MR) is 116 cm³/mol. The zero-order valence-corrected chi connectivity index (χ0v) is 17.3. The Labute approximate surface area is 183 Å². The highest BCUT2D eigenvalue weighted by Crippen LogP contribution is 2.29. The van der Waals surface area contributed by atoms with Crippen LogP contribution in [0.4, 0.5) is 11.4 Å². The van der Waals surface area contributed by atoms with Crippen molar-refractivity contribution in [2.75, 3.05) is 12.4 Å². The Hall–Kier alpha value is -4.40. The topological polar surface area (TPSA) is 117 Å². The molecule has 3 aromatic rings. The first-order valence-corrected chi connectivity index (χ1v) is 9.54. The molecule has 0 spiro atoms. The first-order valence-electron chi connectivity index (χ1n) is 9.54. The van der Waals surface area contributed by atoms with Crippen molar-refractivity contribution in [1.29, 1.82) is 0 Å². The first-order chi connectivity index (χ1) is 15.4. The fraction of sp³-hybridized carbons (Fsp3) is 0.130. The number of esters is 1. The van der Waals surface area contributed by atoms with Crippen LogP contribution in [0.5, 0.6) is 17.2 Å². The van der Waals surface area contributed by atoms with Gasteiger partial charge in [-0.1, -0.05) is 18.2 Å². The lowest BCUT2D eigenvalue weighted by Gasteiger charge is -2.15. The monoisotopic (exact) mass is 436 g/mol. The maximum absolute atomic E-state index is 12.5. The van der Waals surface area contributed by atoms with Crippen molar-refractivity contribution < 1.29 is 28.7 Å². The SMILES string of the molecule is COc1ccc([N+](=O)[O-])cc1NC(=O)C(C)OC(=O)c1ccc(Oc2ccccc2)cc1. The summed E-state index contributed by atoms with van der Waals surface area (Å²) >= 11 is 0. The smallest absolute Gasteiger partial charge is 0.338 e. The number of carbonyl (C=O) groups excluding carboxylic acids is 2. The number of non-ortho nitro benzene ring substituents is 1. The van der Waals surface area contributed by atoms with E-state index in [1.165, 1.54) is 38.3 Å². The maximum Gasteiger partial charge on any atom is 0.338 e. The van der Waals surface area contributed by atoms with Crippen molar-refractivity contribution in [2.24, 2.45) is 0 Å². The summed E-state index contributed by atoms with van der Waals surface area (Å²) in [6.07, 6.45) is -1.16. The molecule has 1 amide bonds.